The average molecular weight is 346 g/mol. The summed E-state index contributed by atoms with van der Waals surface area (Å²) in [6.07, 6.45) is 2.50. The van der Waals surface area contributed by atoms with Gasteiger partial charge in [-0.1, -0.05) is 60.2 Å². The summed E-state index contributed by atoms with van der Waals surface area (Å²) in [4.78, 5) is 17.4. The molecule has 2 aromatic heterocycles. The Kier molecular flexibility index (Phi) is 4.20. The van der Waals surface area contributed by atoms with Gasteiger partial charge in [-0.25, -0.2) is 4.98 Å². The lowest BCUT2D eigenvalue weighted by atomic mass is 10.1. The van der Waals surface area contributed by atoms with Gasteiger partial charge >= 0.3 is 0 Å². The summed E-state index contributed by atoms with van der Waals surface area (Å²) < 4.78 is 2.44. The van der Waals surface area contributed by atoms with E-state index in [1.54, 1.807) is 10.9 Å². The molecule has 0 aliphatic rings. The van der Waals surface area contributed by atoms with Crippen LogP contribution in [0.15, 0.2) is 71.1 Å². The number of hydrogen-bond donors (Lipinski definition) is 0. The molecule has 2 heterocycles. The van der Waals surface area contributed by atoms with Gasteiger partial charge in [0.2, 0.25) is 0 Å². The molecule has 0 fully saturated rings. The van der Waals surface area contributed by atoms with Crippen LogP contribution in [0.4, 0.5) is 0 Å². The number of fused-ring (bicyclic) bond motifs is 1. The Morgan fingerprint density at radius 1 is 1.04 bits per heavy atom. The summed E-state index contributed by atoms with van der Waals surface area (Å²) in [5.41, 5.74) is 5.43. The number of benzene rings is 2. The summed E-state index contributed by atoms with van der Waals surface area (Å²) in [6, 6.07) is 18.5. The normalized spacial score (nSPS) is 11.1. The molecule has 0 radical (unpaired) electrons. The molecule has 0 saturated carbocycles. The topological polar surface area (TPSA) is 34.9 Å². The first-order valence-electron chi connectivity index (χ1n) is 8.30. The minimum atomic E-state index is 0.0456. The molecular formula is C21H18N2OS. The average Bonchev–Trinajstić information content (AvgIpc) is 3.08. The summed E-state index contributed by atoms with van der Waals surface area (Å²) in [5.74, 6) is 0. The number of hydrogen-bond acceptors (Lipinski definition) is 3. The highest BCUT2D eigenvalue weighted by molar-refractivity contribution is 7.17. The lowest BCUT2D eigenvalue weighted by Crippen LogP contribution is -2.20. The molecule has 4 aromatic rings. The standard InChI is InChI=1S/C21H18N2OS/c1-15-7-9-17(10-8-15)18-13-25-20-19(18)22-14-23(21(20)24)12-11-16-5-3-2-4-6-16/h2-10,13-14H,11-12H2,1H3. The zero-order chi connectivity index (χ0) is 17.2. The van der Waals surface area contributed by atoms with E-state index in [0.29, 0.717) is 6.54 Å². The number of thiophene rings is 1. The predicted octanol–water partition coefficient (Wildman–Crippen LogP) is 4.68. The molecule has 3 nitrogen and oxygen atoms in total. The summed E-state index contributed by atoms with van der Waals surface area (Å²) in [6.45, 7) is 2.71. The third kappa shape index (κ3) is 3.13. The van der Waals surface area contributed by atoms with E-state index in [4.69, 9.17) is 0 Å². The SMILES string of the molecule is Cc1ccc(-c2csc3c(=O)n(CCc4ccccc4)cnc23)cc1. The summed E-state index contributed by atoms with van der Waals surface area (Å²) in [5, 5.41) is 2.03. The smallest absolute Gasteiger partial charge is 0.271 e. The van der Waals surface area contributed by atoms with Gasteiger partial charge in [-0.15, -0.1) is 11.3 Å². The summed E-state index contributed by atoms with van der Waals surface area (Å²) >= 11 is 1.48. The van der Waals surface area contributed by atoms with E-state index in [1.807, 2.05) is 23.6 Å². The predicted molar refractivity (Wildman–Crippen MR) is 104 cm³/mol. The molecule has 0 spiro atoms. The van der Waals surface area contributed by atoms with E-state index < -0.39 is 0 Å². The van der Waals surface area contributed by atoms with Crippen molar-refractivity contribution in [3.63, 3.8) is 0 Å². The van der Waals surface area contributed by atoms with Crippen LogP contribution >= 0.6 is 11.3 Å². The lowest BCUT2D eigenvalue weighted by molar-refractivity contribution is 0.663. The van der Waals surface area contributed by atoms with Crippen molar-refractivity contribution in [2.24, 2.45) is 0 Å². The number of aromatic nitrogens is 2. The van der Waals surface area contributed by atoms with E-state index in [0.717, 1.165) is 27.8 Å². The molecule has 0 atom stereocenters. The van der Waals surface area contributed by atoms with Crippen molar-refractivity contribution in [3.8, 4) is 11.1 Å². The Bertz CT molecular complexity index is 1060. The van der Waals surface area contributed by atoms with Crippen LogP contribution in [-0.4, -0.2) is 9.55 Å². The zero-order valence-electron chi connectivity index (χ0n) is 14.0. The van der Waals surface area contributed by atoms with Crippen LogP contribution < -0.4 is 5.56 Å². The molecule has 0 N–H and O–H groups in total. The largest absolute Gasteiger partial charge is 0.298 e. The van der Waals surface area contributed by atoms with Gasteiger partial charge in [0.1, 0.15) is 4.70 Å². The highest BCUT2D eigenvalue weighted by Crippen LogP contribution is 2.30. The third-order valence-electron chi connectivity index (χ3n) is 4.39. The van der Waals surface area contributed by atoms with Gasteiger partial charge in [0.15, 0.2) is 0 Å². The van der Waals surface area contributed by atoms with Gasteiger partial charge in [-0.2, -0.15) is 0 Å². The maximum atomic E-state index is 12.8. The van der Waals surface area contributed by atoms with Crippen molar-refractivity contribution in [2.45, 2.75) is 19.9 Å². The number of rotatable bonds is 4. The van der Waals surface area contributed by atoms with Crippen LogP contribution in [0, 0.1) is 6.92 Å². The van der Waals surface area contributed by atoms with Crippen molar-refractivity contribution in [3.05, 3.63) is 87.8 Å². The Morgan fingerprint density at radius 2 is 1.80 bits per heavy atom. The molecular weight excluding hydrogens is 328 g/mol. The highest BCUT2D eigenvalue weighted by Gasteiger charge is 2.12. The van der Waals surface area contributed by atoms with E-state index >= 15 is 0 Å². The molecule has 0 unspecified atom stereocenters. The first-order chi connectivity index (χ1) is 12.2. The third-order valence-corrected chi connectivity index (χ3v) is 5.35. The van der Waals surface area contributed by atoms with Crippen LogP contribution in [0.5, 0.6) is 0 Å². The first-order valence-corrected chi connectivity index (χ1v) is 9.18. The maximum Gasteiger partial charge on any atom is 0.271 e. The molecule has 0 aliphatic heterocycles. The van der Waals surface area contributed by atoms with E-state index in [9.17, 15) is 4.79 Å². The fraction of sp³-hybridized carbons (Fsp3) is 0.143. The second-order valence-corrected chi connectivity index (χ2v) is 7.05. The number of nitrogens with zero attached hydrogens (tertiary/aromatic N) is 2. The van der Waals surface area contributed by atoms with Crippen LogP contribution in [0.3, 0.4) is 0 Å². The van der Waals surface area contributed by atoms with Gasteiger partial charge in [-0.3, -0.25) is 9.36 Å². The Balaban J connectivity index is 1.67. The first kappa shape index (κ1) is 15.8. The second-order valence-electron chi connectivity index (χ2n) is 6.17. The molecule has 0 amide bonds. The molecule has 4 rings (SSSR count). The van der Waals surface area contributed by atoms with Crippen molar-refractivity contribution >= 4 is 21.6 Å². The monoisotopic (exact) mass is 346 g/mol. The minimum absolute atomic E-state index is 0.0456. The highest BCUT2D eigenvalue weighted by atomic mass is 32.1. The number of aryl methyl sites for hydroxylation is 3. The van der Waals surface area contributed by atoms with Crippen molar-refractivity contribution < 1.29 is 0 Å². The summed E-state index contributed by atoms with van der Waals surface area (Å²) in [7, 11) is 0. The van der Waals surface area contributed by atoms with Crippen molar-refractivity contribution in [1.82, 2.24) is 9.55 Å². The van der Waals surface area contributed by atoms with Crippen LogP contribution in [0.1, 0.15) is 11.1 Å². The molecule has 2 aromatic carbocycles. The molecule has 0 bridgehead atoms. The van der Waals surface area contributed by atoms with Crippen LogP contribution in [-0.2, 0) is 13.0 Å². The molecule has 0 saturated heterocycles. The van der Waals surface area contributed by atoms with E-state index in [1.165, 1.54) is 22.5 Å². The minimum Gasteiger partial charge on any atom is -0.298 e. The Morgan fingerprint density at radius 3 is 2.56 bits per heavy atom. The molecule has 0 aliphatic carbocycles. The lowest BCUT2D eigenvalue weighted by Gasteiger charge is -2.06. The van der Waals surface area contributed by atoms with Crippen LogP contribution in [0.2, 0.25) is 0 Å². The van der Waals surface area contributed by atoms with Gasteiger partial charge in [0.05, 0.1) is 11.8 Å². The van der Waals surface area contributed by atoms with Crippen molar-refractivity contribution in [1.29, 1.82) is 0 Å². The van der Waals surface area contributed by atoms with Gasteiger partial charge in [0, 0.05) is 17.5 Å². The molecule has 25 heavy (non-hydrogen) atoms. The Hall–Kier alpha value is -2.72. The Labute approximate surface area is 150 Å². The van der Waals surface area contributed by atoms with Crippen molar-refractivity contribution in [2.75, 3.05) is 0 Å². The van der Waals surface area contributed by atoms with Gasteiger partial charge in [-0.05, 0) is 24.5 Å². The fourth-order valence-corrected chi connectivity index (χ4v) is 3.91. The van der Waals surface area contributed by atoms with Crippen LogP contribution in [0.25, 0.3) is 21.3 Å². The quantitative estimate of drug-likeness (QED) is 0.538. The molecule has 124 valence electrons. The van der Waals surface area contributed by atoms with Gasteiger partial charge in [0.25, 0.3) is 5.56 Å². The second kappa shape index (κ2) is 6.65. The van der Waals surface area contributed by atoms with E-state index in [2.05, 4.69) is 48.3 Å². The zero-order valence-corrected chi connectivity index (χ0v) is 14.8. The molecule has 4 heteroatoms. The fourth-order valence-electron chi connectivity index (χ4n) is 2.93. The van der Waals surface area contributed by atoms with E-state index in [-0.39, 0.29) is 5.56 Å². The van der Waals surface area contributed by atoms with Gasteiger partial charge < -0.3 is 0 Å². The maximum absolute atomic E-state index is 12.8.